The second-order valence-electron chi connectivity index (χ2n) is 5.93. The van der Waals surface area contributed by atoms with Gasteiger partial charge < -0.3 is 5.11 Å². The SMILES string of the molecule is CCCCC/C(=C\C/C=C(\CCCCCCCC(=O)O)N=O)N=O. The summed E-state index contributed by atoms with van der Waals surface area (Å²) in [6.45, 7) is 2.11. The van der Waals surface area contributed by atoms with Crippen LogP contribution >= 0.6 is 0 Å². The molecule has 0 aromatic rings. The number of hydrogen-bond donors (Lipinski definition) is 1. The Morgan fingerprint density at radius 2 is 1.25 bits per heavy atom. The molecule has 0 atom stereocenters. The molecule has 0 fully saturated rings. The summed E-state index contributed by atoms with van der Waals surface area (Å²) in [6, 6.07) is 0. The van der Waals surface area contributed by atoms with E-state index < -0.39 is 5.97 Å². The number of aliphatic carboxylic acids is 1. The average molecular weight is 338 g/mol. The highest BCUT2D eigenvalue weighted by molar-refractivity contribution is 5.66. The number of carbonyl (C=O) groups is 1. The number of carboxylic acid groups (broad SMARTS) is 1. The highest BCUT2D eigenvalue weighted by Crippen LogP contribution is 2.15. The number of rotatable bonds is 16. The third-order valence-electron chi connectivity index (χ3n) is 3.80. The Bertz CT molecular complexity index is 431. The minimum Gasteiger partial charge on any atom is -0.481 e. The smallest absolute Gasteiger partial charge is 0.303 e. The molecule has 0 aliphatic rings. The highest BCUT2D eigenvalue weighted by atomic mass is 16.4. The highest BCUT2D eigenvalue weighted by Gasteiger charge is 2.00. The molecule has 24 heavy (non-hydrogen) atoms. The standard InChI is InChI=1S/C18H30N2O4/c1-2-3-7-11-16(19-23)13-10-14-17(20-24)12-8-5-4-6-9-15-18(21)22/h13-14H,2-12,15H2,1H3,(H,21,22)/b16-13+,17-14+. The van der Waals surface area contributed by atoms with Crippen LogP contribution < -0.4 is 0 Å². The van der Waals surface area contributed by atoms with Gasteiger partial charge in [-0.3, -0.25) is 4.79 Å². The Balaban J connectivity index is 3.97. The van der Waals surface area contributed by atoms with Crippen LogP contribution in [-0.4, -0.2) is 11.1 Å². The Morgan fingerprint density at radius 1 is 0.792 bits per heavy atom. The van der Waals surface area contributed by atoms with Crippen LogP contribution in [0.25, 0.3) is 0 Å². The summed E-state index contributed by atoms with van der Waals surface area (Å²) in [7, 11) is 0. The first kappa shape index (κ1) is 22.1. The van der Waals surface area contributed by atoms with Crippen molar-refractivity contribution in [2.45, 2.75) is 84.0 Å². The molecule has 136 valence electrons. The minimum atomic E-state index is -0.752. The van der Waals surface area contributed by atoms with E-state index in [0.29, 0.717) is 37.1 Å². The van der Waals surface area contributed by atoms with Crippen LogP contribution in [0.5, 0.6) is 0 Å². The number of allylic oxidation sites excluding steroid dienone is 4. The summed E-state index contributed by atoms with van der Waals surface area (Å²) in [5, 5.41) is 14.6. The lowest BCUT2D eigenvalue weighted by atomic mass is 10.1. The van der Waals surface area contributed by atoms with Gasteiger partial charge >= 0.3 is 5.97 Å². The molecule has 0 unspecified atom stereocenters. The van der Waals surface area contributed by atoms with Gasteiger partial charge in [-0.25, -0.2) is 0 Å². The Hall–Kier alpha value is -1.85. The van der Waals surface area contributed by atoms with Gasteiger partial charge in [-0.1, -0.05) is 51.2 Å². The lowest BCUT2D eigenvalue weighted by molar-refractivity contribution is -0.137. The van der Waals surface area contributed by atoms with Crippen LogP contribution in [0.3, 0.4) is 0 Å². The van der Waals surface area contributed by atoms with Gasteiger partial charge in [0, 0.05) is 6.42 Å². The van der Waals surface area contributed by atoms with E-state index in [9.17, 15) is 14.6 Å². The van der Waals surface area contributed by atoms with E-state index in [1.807, 2.05) is 0 Å². The zero-order chi connectivity index (χ0) is 18.0. The fraction of sp³-hybridized carbons (Fsp3) is 0.722. The number of nitrogens with zero attached hydrogens (tertiary/aromatic N) is 2. The number of unbranched alkanes of at least 4 members (excludes halogenated alkanes) is 6. The molecule has 0 amide bonds. The molecule has 0 radical (unpaired) electrons. The van der Waals surface area contributed by atoms with Crippen LogP contribution in [0.4, 0.5) is 0 Å². The number of hydrogen-bond acceptors (Lipinski definition) is 5. The van der Waals surface area contributed by atoms with Gasteiger partial charge in [0.05, 0.1) is 11.4 Å². The van der Waals surface area contributed by atoms with Gasteiger partial charge in [0.2, 0.25) is 0 Å². The summed E-state index contributed by atoms with van der Waals surface area (Å²) >= 11 is 0. The maximum atomic E-state index is 10.8. The van der Waals surface area contributed by atoms with Crippen molar-refractivity contribution in [2.24, 2.45) is 10.4 Å². The predicted molar refractivity (Wildman–Crippen MR) is 96.5 cm³/mol. The molecule has 6 heteroatoms. The molecular formula is C18H30N2O4. The Morgan fingerprint density at radius 3 is 1.71 bits per heavy atom. The second-order valence-corrected chi connectivity index (χ2v) is 5.93. The van der Waals surface area contributed by atoms with Crippen molar-refractivity contribution in [3.05, 3.63) is 33.4 Å². The molecule has 0 aromatic carbocycles. The molecular weight excluding hydrogens is 308 g/mol. The van der Waals surface area contributed by atoms with Gasteiger partial charge in [-0.2, -0.15) is 0 Å². The monoisotopic (exact) mass is 338 g/mol. The first-order chi connectivity index (χ1) is 11.6. The van der Waals surface area contributed by atoms with E-state index in [2.05, 4.69) is 17.3 Å². The molecule has 0 aromatic heterocycles. The van der Waals surface area contributed by atoms with Crippen molar-refractivity contribution in [2.75, 3.05) is 0 Å². The van der Waals surface area contributed by atoms with Gasteiger partial charge in [0.25, 0.3) is 0 Å². The summed E-state index contributed by atoms with van der Waals surface area (Å²) in [6.07, 6.45) is 13.1. The summed E-state index contributed by atoms with van der Waals surface area (Å²) < 4.78 is 0. The van der Waals surface area contributed by atoms with E-state index in [1.165, 1.54) is 0 Å². The minimum absolute atomic E-state index is 0.221. The van der Waals surface area contributed by atoms with Crippen molar-refractivity contribution in [3.8, 4) is 0 Å². The van der Waals surface area contributed by atoms with Crippen molar-refractivity contribution in [3.63, 3.8) is 0 Å². The lowest BCUT2D eigenvalue weighted by Gasteiger charge is -2.01. The second kappa shape index (κ2) is 16.0. The van der Waals surface area contributed by atoms with E-state index >= 15 is 0 Å². The van der Waals surface area contributed by atoms with Crippen molar-refractivity contribution in [1.29, 1.82) is 0 Å². The zero-order valence-corrected chi connectivity index (χ0v) is 14.7. The molecule has 6 nitrogen and oxygen atoms in total. The van der Waals surface area contributed by atoms with Crippen molar-refractivity contribution in [1.82, 2.24) is 0 Å². The van der Waals surface area contributed by atoms with E-state index in [1.54, 1.807) is 12.2 Å². The maximum Gasteiger partial charge on any atom is 0.303 e. The van der Waals surface area contributed by atoms with E-state index in [0.717, 1.165) is 44.9 Å². The third kappa shape index (κ3) is 13.8. The van der Waals surface area contributed by atoms with Crippen LogP contribution in [0.15, 0.2) is 33.9 Å². The molecule has 0 aliphatic heterocycles. The Labute approximate surface area is 144 Å². The summed E-state index contributed by atoms with van der Waals surface area (Å²) in [5.74, 6) is -0.752. The molecule has 0 bridgehead atoms. The van der Waals surface area contributed by atoms with Crippen LogP contribution in [0.1, 0.15) is 84.0 Å². The van der Waals surface area contributed by atoms with E-state index in [-0.39, 0.29) is 6.42 Å². The maximum absolute atomic E-state index is 10.8. The van der Waals surface area contributed by atoms with Crippen LogP contribution in [-0.2, 0) is 4.79 Å². The first-order valence-electron chi connectivity index (χ1n) is 8.90. The Kier molecular flexibility index (Phi) is 14.8. The van der Waals surface area contributed by atoms with E-state index in [4.69, 9.17) is 5.11 Å². The normalized spacial score (nSPS) is 12.2. The zero-order valence-electron chi connectivity index (χ0n) is 14.7. The quantitative estimate of drug-likeness (QED) is 0.273. The van der Waals surface area contributed by atoms with Gasteiger partial charge in [-0.05, 0) is 48.9 Å². The topological polar surface area (TPSA) is 96.2 Å². The van der Waals surface area contributed by atoms with Gasteiger partial charge in [0.1, 0.15) is 0 Å². The van der Waals surface area contributed by atoms with Crippen LogP contribution in [0.2, 0.25) is 0 Å². The molecule has 0 saturated carbocycles. The molecule has 0 spiro atoms. The van der Waals surface area contributed by atoms with Crippen molar-refractivity contribution >= 4 is 5.97 Å². The first-order valence-corrected chi connectivity index (χ1v) is 8.90. The fourth-order valence-electron chi connectivity index (χ4n) is 2.37. The number of carboxylic acids is 1. The van der Waals surface area contributed by atoms with Crippen molar-refractivity contribution < 1.29 is 9.90 Å². The van der Waals surface area contributed by atoms with Crippen LogP contribution in [0, 0.1) is 9.81 Å². The fourth-order valence-corrected chi connectivity index (χ4v) is 2.37. The van der Waals surface area contributed by atoms with Gasteiger partial charge in [0.15, 0.2) is 0 Å². The average Bonchev–Trinajstić information content (AvgIpc) is 2.57. The molecule has 0 heterocycles. The summed E-state index contributed by atoms with van der Waals surface area (Å²) in [4.78, 5) is 31.9. The molecule has 1 N–H and O–H groups in total. The lowest BCUT2D eigenvalue weighted by Crippen LogP contribution is -1.93. The third-order valence-corrected chi connectivity index (χ3v) is 3.80. The largest absolute Gasteiger partial charge is 0.481 e. The summed E-state index contributed by atoms with van der Waals surface area (Å²) in [5.41, 5.74) is 1.05. The molecule has 0 saturated heterocycles. The molecule has 0 aliphatic carbocycles. The number of nitroso groups, excluding NO2 is 2. The predicted octanol–water partition coefficient (Wildman–Crippen LogP) is 6.07. The van der Waals surface area contributed by atoms with Gasteiger partial charge in [-0.15, -0.1) is 9.81 Å². The molecule has 0 rings (SSSR count).